The molecule has 0 spiro atoms. The number of alkyl halides is 1. The fourth-order valence-electron chi connectivity index (χ4n) is 1.85. The maximum Gasteiger partial charge on any atom is 0.128 e. The van der Waals surface area contributed by atoms with E-state index in [-0.39, 0.29) is 0 Å². The summed E-state index contributed by atoms with van der Waals surface area (Å²) in [6.45, 7) is 5.57. The van der Waals surface area contributed by atoms with Crippen molar-refractivity contribution in [1.82, 2.24) is 4.98 Å². The lowest BCUT2D eigenvalue weighted by Crippen LogP contribution is -2.20. The van der Waals surface area contributed by atoms with Crippen molar-refractivity contribution in [3.8, 4) is 0 Å². The molecule has 15 heavy (non-hydrogen) atoms. The van der Waals surface area contributed by atoms with Crippen LogP contribution in [0.4, 0.5) is 10.2 Å². The van der Waals surface area contributed by atoms with Gasteiger partial charge in [0.2, 0.25) is 0 Å². The first-order valence-corrected chi connectivity index (χ1v) is 5.52. The van der Waals surface area contributed by atoms with E-state index in [4.69, 9.17) is 0 Å². The maximum atomic E-state index is 13.0. The fraction of sp³-hybridized carbons (Fsp3) is 0.583. The highest BCUT2D eigenvalue weighted by atomic mass is 19.1. The van der Waals surface area contributed by atoms with Crippen LogP contribution in [0.15, 0.2) is 18.3 Å². The van der Waals surface area contributed by atoms with Gasteiger partial charge < -0.3 is 4.90 Å². The second kappa shape index (κ2) is 4.17. The summed E-state index contributed by atoms with van der Waals surface area (Å²) in [5, 5.41) is 0. The van der Waals surface area contributed by atoms with Gasteiger partial charge in [-0.3, -0.25) is 0 Å². The maximum absolute atomic E-state index is 13.0. The Labute approximate surface area is 90.1 Å². The summed E-state index contributed by atoms with van der Waals surface area (Å²) in [7, 11) is 0. The highest BCUT2D eigenvalue weighted by Gasteiger charge is 2.22. The average Bonchev–Trinajstić information content (AvgIpc) is 2.65. The highest BCUT2D eigenvalue weighted by molar-refractivity contribution is 5.41. The molecular weight excluding hydrogens is 191 g/mol. The summed E-state index contributed by atoms with van der Waals surface area (Å²) in [5.41, 5.74) is 1.23. The van der Waals surface area contributed by atoms with Gasteiger partial charge in [0, 0.05) is 12.7 Å². The second-order valence-electron chi connectivity index (χ2n) is 4.44. The highest BCUT2D eigenvalue weighted by Crippen LogP contribution is 2.21. The molecule has 1 aliphatic rings. The van der Waals surface area contributed by atoms with Gasteiger partial charge in [-0.1, -0.05) is 19.9 Å². The van der Waals surface area contributed by atoms with E-state index < -0.39 is 6.17 Å². The van der Waals surface area contributed by atoms with Crippen molar-refractivity contribution in [2.24, 2.45) is 0 Å². The Kier molecular flexibility index (Phi) is 2.89. The number of anilines is 1. The van der Waals surface area contributed by atoms with Crippen LogP contribution in [0.1, 0.15) is 31.7 Å². The molecule has 2 heterocycles. The summed E-state index contributed by atoms with van der Waals surface area (Å²) >= 11 is 0. The van der Waals surface area contributed by atoms with Crippen LogP contribution in [0.5, 0.6) is 0 Å². The zero-order chi connectivity index (χ0) is 10.8. The van der Waals surface area contributed by atoms with E-state index in [1.165, 1.54) is 5.56 Å². The zero-order valence-electron chi connectivity index (χ0n) is 9.28. The van der Waals surface area contributed by atoms with Crippen molar-refractivity contribution in [3.63, 3.8) is 0 Å². The van der Waals surface area contributed by atoms with Crippen molar-refractivity contribution in [3.05, 3.63) is 23.9 Å². The summed E-state index contributed by atoms with van der Waals surface area (Å²) in [5.74, 6) is 1.40. The van der Waals surface area contributed by atoms with Crippen molar-refractivity contribution in [2.45, 2.75) is 32.4 Å². The fourth-order valence-corrected chi connectivity index (χ4v) is 1.85. The van der Waals surface area contributed by atoms with Crippen molar-refractivity contribution >= 4 is 5.82 Å². The Morgan fingerprint density at radius 3 is 2.73 bits per heavy atom. The Morgan fingerprint density at radius 1 is 1.47 bits per heavy atom. The molecule has 1 aliphatic heterocycles. The van der Waals surface area contributed by atoms with E-state index in [9.17, 15) is 4.39 Å². The lowest BCUT2D eigenvalue weighted by atomic mass is 10.1. The van der Waals surface area contributed by atoms with Gasteiger partial charge in [0.1, 0.15) is 12.0 Å². The van der Waals surface area contributed by atoms with Crippen LogP contribution in [0, 0.1) is 0 Å². The molecule has 0 N–H and O–H groups in total. The molecule has 0 aromatic carbocycles. The number of pyridine rings is 1. The molecule has 2 rings (SSSR count). The van der Waals surface area contributed by atoms with Crippen LogP contribution in [-0.4, -0.2) is 24.2 Å². The third-order valence-corrected chi connectivity index (χ3v) is 2.89. The number of hydrogen-bond acceptors (Lipinski definition) is 2. The van der Waals surface area contributed by atoms with Crippen molar-refractivity contribution in [1.29, 1.82) is 0 Å². The Hall–Kier alpha value is -1.12. The standard InChI is InChI=1S/C12H17FN2/c1-9(2)10-3-4-12(14-7-10)15-6-5-11(13)8-15/h3-4,7,9,11H,5-6,8H2,1-2H3/t11-/m1/s1. The van der Waals surface area contributed by atoms with Gasteiger partial charge in [0.15, 0.2) is 0 Å². The number of rotatable bonds is 2. The van der Waals surface area contributed by atoms with Gasteiger partial charge in [-0.2, -0.15) is 0 Å². The lowest BCUT2D eigenvalue weighted by molar-refractivity contribution is 0.364. The van der Waals surface area contributed by atoms with Gasteiger partial charge in [0.25, 0.3) is 0 Å². The lowest BCUT2D eigenvalue weighted by Gasteiger charge is -2.16. The van der Waals surface area contributed by atoms with Crippen LogP contribution < -0.4 is 4.90 Å². The molecule has 1 saturated heterocycles. The largest absolute Gasteiger partial charge is 0.354 e. The third kappa shape index (κ3) is 2.28. The number of hydrogen-bond donors (Lipinski definition) is 0. The normalized spacial score (nSPS) is 21.3. The van der Waals surface area contributed by atoms with Crippen LogP contribution in [0.3, 0.4) is 0 Å². The average molecular weight is 208 g/mol. The molecule has 0 unspecified atom stereocenters. The first-order valence-electron chi connectivity index (χ1n) is 5.52. The van der Waals surface area contributed by atoms with Gasteiger partial charge in [0.05, 0.1) is 6.54 Å². The van der Waals surface area contributed by atoms with Crippen molar-refractivity contribution < 1.29 is 4.39 Å². The minimum absolute atomic E-state index is 0.494. The second-order valence-corrected chi connectivity index (χ2v) is 4.44. The van der Waals surface area contributed by atoms with Crippen molar-refractivity contribution in [2.75, 3.05) is 18.0 Å². The molecule has 0 saturated carbocycles. The molecule has 3 heteroatoms. The monoisotopic (exact) mass is 208 g/mol. The van der Waals surface area contributed by atoms with Crippen LogP contribution in [0.25, 0.3) is 0 Å². The summed E-state index contributed by atoms with van der Waals surface area (Å²) in [4.78, 5) is 6.38. The molecule has 82 valence electrons. The van der Waals surface area contributed by atoms with Crippen LogP contribution >= 0.6 is 0 Å². The minimum atomic E-state index is -0.684. The molecule has 1 fully saturated rings. The van der Waals surface area contributed by atoms with Crippen LogP contribution in [0.2, 0.25) is 0 Å². The number of aromatic nitrogens is 1. The zero-order valence-corrected chi connectivity index (χ0v) is 9.28. The summed E-state index contributed by atoms with van der Waals surface area (Å²) in [6.07, 6.45) is 1.84. The molecule has 0 bridgehead atoms. The summed E-state index contributed by atoms with van der Waals surface area (Å²) in [6, 6.07) is 4.08. The molecule has 1 aromatic rings. The minimum Gasteiger partial charge on any atom is -0.354 e. The SMILES string of the molecule is CC(C)c1ccc(N2CC[C@@H](F)C2)nc1. The van der Waals surface area contributed by atoms with E-state index >= 15 is 0 Å². The van der Waals surface area contributed by atoms with Gasteiger partial charge in [-0.05, 0) is 24.0 Å². The number of nitrogens with zero attached hydrogens (tertiary/aromatic N) is 2. The van der Waals surface area contributed by atoms with E-state index in [2.05, 4.69) is 24.9 Å². The predicted octanol–water partition coefficient (Wildman–Crippen LogP) is 2.75. The Balaban J connectivity index is 2.10. The molecule has 0 radical (unpaired) electrons. The van der Waals surface area contributed by atoms with E-state index in [1.54, 1.807) is 0 Å². The topological polar surface area (TPSA) is 16.1 Å². The molecular formula is C12H17FN2. The van der Waals surface area contributed by atoms with E-state index in [1.807, 2.05) is 17.2 Å². The summed E-state index contributed by atoms with van der Waals surface area (Å²) < 4.78 is 13.0. The van der Waals surface area contributed by atoms with E-state index in [0.29, 0.717) is 18.9 Å². The third-order valence-electron chi connectivity index (χ3n) is 2.89. The first kappa shape index (κ1) is 10.4. The smallest absolute Gasteiger partial charge is 0.128 e. The molecule has 2 nitrogen and oxygen atoms in total. The predicted molar refractivity (Wildman–Crippen MR) is 60.1 cm³/mol. The molecule has 1 aromatic heterocycles. The Bertz CT molecular complexity index is 321. The molecule has 1 atom stereocenters. The van der Waals surface area contributed by atoms with Crippen LogP contribution in [-0.2, 0) is 0 Å². The Morgan fingerprint density at radius 2 is 2.27 bits per heavy atom. The van der Waals surface area contributed by atoms with Gasteiger partial charge >= 0.3 is 0 Å². The van der Waals surface area contributed by atoms with Gasteiger partial charge in [-0.25, -0.2) is 9.37 Å². The van der Waals surface area contributed by atoms with Gasteiger partial charge in [-0.15, -0.1) is 0 Å². The van der Waals surface area contributed by atoms with E-state index in [0.717, 1.165) is 12.4 Å². The molecule has 0 aliphatic carbocycles. The quantitative estimate of drug-likeness (QED) is 0.743. The first-order chi connectivity index (χ1) is 7.16. The molecule has 0 amide bonds. The number of halogens is 1.